The summed E-state index contributed by atoms with van der Waals surface area (Å²) in [6, 6.07) is 10.2. The van der Waals surface area contributed by atoms with Gasteiger partial charge in [0.2, 0.25) is 0 Å². The van der Waals surface area contributed by atoms with Crippen LogP contribution in [0.2, 0.25) is 0 Å². The van der Waals surface area contributed by atoms with Crippen LogP contribution in [0, 0.1) is 0 Å². The van der Waals surface area contributed by atoms with E-state index >= 15 is 0 Å². The summed E-state index contributed by atoms with van der Waals surface area (Å²) in [7, 11) is -3.21. The van der Waals surface area contributed by atoms with E-state index < -0.39 is 27.3 Å². The highest BCUT2D eigenvalue weighted by atomic mass is 32.2. The number of hydrogen-bond donors (Lipinski definition) is 0. The summed E-state index contributed by atoms with van der Waals surface area (Å²) in [6.07, 6.45) is 0.0932. The van der Waals surface area contributed by atoms with Crippen molar-refractivity contribution in [3.8, 4) is 22.6 Å². The van der Waals surface area contributed by atoms with Gasteiger partial charge in [-0.2, -0.15) is 21.6 Å². The van der Waals surface area contributed by atoms with Crippen molar-refractivity contribution in [2.75, 3.05) is 14.2 Å². The zero-order valence-electron chi connectivity index (χ0n) is 14.2. The number of carbonyl (C=O) groups excluding carboxylic acids is 1. The summed E-state index contributed by atoms with van der Waals surface area (Å²) in [4.78, 5) is 11.3. The summed E-state index contributed by atoms with van der Waals surface area (Å²) in [5, 5.41) is 0. The predicted octanol–water partition coefficient (Wildman–Crippen LogP) is 3.31. The second-order valence-corrected chi connectivity index (χ2v) is 6.83. The van der Waals surface area contributed by atoms with Crippen molar-refractivity contribution in [3.63, 3.8) is 0 Å². The minimum Gasteiger partial charge on any atom is -0.496 e. The van der Waals surface area contributed by atoms with Crippen LogP contribution < -0.4 is 8.92 Å². The fourth-order valence-electron chi connectivity index (χ4n) is 2.18. The van der Waals surface area contributed by atoms with Crippen molar-refractivity contribution in [2.24, 2.45) is 0 Å². The van der Waals surface area contributed by atoms with Crippen LogP contribution in [-0.2, 0) is 26.1 Å². The van der Waals surface area contributed by atoms with E-state index in [1.54, 1.807) is 24.3 Å². The maximum absolute atomic E-state index is 12.4. The molecule has 2 aromatic carbocycles. The monoisotopic (exact) mass is 404 g/mol. The lowest BCUT2D eigenvalue weighted by Gasteiger charge is -2.13. The maximum Gasteiger partial charge on any atom is 0.534 e. The molecule has 10 heteroatoms. The number of benzene rings is 2. The number of rotatable bonds is 6. The first-order chi connectivity index (χ1) is 12.6. The molecule has 27 heavy (non-hydrogen) atoms. The van der Waals surface area contributed by atoms with Gasteiger partial charge in [0, 0.05) is 11.6 Å². The molecule has 0 aromatic heterocycles. The Morgan fingerprint density at radius 3 is 2.19 bits per heavy atom. The molecule has 0 unspecified atom stereocenters. The Morgan fingerprint density at radius 2 is 1.67 bits per heavy atom. The van der Waals surface area contributed by atoms with Crippen LogP contribution in [0.4, 0.5) is 13.2 Å². The normalized spacial score (nSPS) is 11.7. The summed E-state index contributed by atoms with van der Waals surface area (Å²) in [5.74, 6) is -0.812. The number of carbonyl (C=O) groups is 1. The van der Waals surface area contributed by atoms with Gasteiger partial charge in [-0.15, -0.1) is 0 Å². The Labute approximate surface area is 153 Å². The SMILES string of the molecule is COC(=O)Cc1ccc(-c2ccc(OS(=O)(=O)C(F)(F)F)cc2OC)cc1. The number of halogens is 3. The first-order valence-electron chi connectivity index (χ1n) is 7.42. The Bertz CT molecular complexity index is 921. The van der Waals surface area contributed by atoms with Gasteiger partial charge in [-0.1, -0.05) is 24.3 Å². The first-order valence-corrected chi connectivity index (χ1v) is 8.83. The van der Waals surface area contributed by atoms with Crippen molar-refractivity contribution in [3.05, 3.63) is 48.0 Å². The molecule has 0 spiro atoms. The second-order valence-electron chi connectivity index (χ2n) is 5.30. The molecule has 0 atom stereocenters. The molecule has 0 heterocycles. The van der Waals surface area contributed by atoms with E-state index in [4.69, 9.17) is 4.74 Å². The number of methoxy groups -OCH3 is 2. The zero-order valence-corrected chi connectivity index (χ0v) is 15.1. The molecular weight excluding hydrogens is 389 g/mol. The third-order valence-electron chi connectivity index (χ3n) is 3.50. The van der Waals surface area contributed by atoms with Crippen LogP contribution in [0.15, 0.2) is 42.5 Å². The molecule has 0 N–H and O–H groups in total. The van der Waals surface area contributed by atoms with Crippen molar-refractivity contribution in [2.45, 2.75) is 11.9 Å². The average molecular weight is 404 g/mol. The average Bonchev–Trinajstić information content (AvgIpc) is 2.61. The molecule has 0 aliphatic heterocycles. The minimum absolute atomic E-state index is 0.0932. The van der Waals surface area contributed by atoms with Crippen LogP contribution in [0.1, 0.15) is 5.56 Å². The molecule has 0 saturated carbocycles. The summed E-state index contributed by atoms with van der Waals surface area (Å²) in [5.41, 5.74) is -3.68. The largest absolute Gasteiger partial charge is 0.534 e. The van der Waals surface area contributed by atoms with Gasteiger partial charge < -0.3 is 13.7 Å². The number of alkyl halides is 3. The standard InChI is InChI=1S/C17H15F3O6S/c1-24-15-10-13(26-27(22,23)17(18,19)20)7-8-14(15)12-5-3-11(4-6-12)9-16(21)25-2/h3-8,10H,9H2,1-2H3. The molecule has 0 saturated heterocycles. The third-order valence-corrected chi connectivity index (χ3v) is 4.48. The van der Waals surface area contributed by atoms with Gasteiger partial charge in [-0.3, -0.25) is 4.79 Å². The number of hydrogen-bond acceptors (Lipinski definition) is 6. The minimum atomic E-state index is -5.77. The van der Waals surface area contributed by atoms with Gasteiger partial charge in [0.25, 0.3) is 0 Å². The fraction of sp³-hybridized carbons (Fsp3) is 0.235. The second kappa shape index (κ2) is 7.87. The van der Waals surface area contributed by atoms with Gasteiger partial charge in [0.1, 0.15) is 11.5 Å². The van der Waals surface area contributed by atoms with Crippen molar-refractivity contribution in [1.29, 1.82) is 0 Å². The Hall–Kier alpha value is -2.75. The summed E-state index contributed by atoms with van der Waals surface area (Å²) < 4.78 is 73.3. The van der Waals surface area contributed by atoms with E-state index in [0.717, 1.165) is 12.1 Å². The molecule has 2 rings (SSSR count). The molecule has 0 bridgehead atoms. The van der Waals surface area contributed by atoms with Gasteiger partial charge in [-0.05, 0) is 23.3 Å². The van der Waals surface area contributed by atoms with E-state index in [1.807, 2.05) is 0 Å². The van der Waals surface area contributed by atoms with Crippen LogP contribution in [0.5, 0.6) is 11.5 Å². The van der Waals surface area contributed by atoms with E-state index in [1.165, 1.54) is 20.3 Å². The van der Waals surface area contributed by atoms with Crippen molar-refractivity contribution in [1.82, 2.24) is 0 Å². The molecule has 0 amide bonds. The molecule has 0 aliphatic rings. The topological polar surface area (TPSA) is 78.9 Å². The zero-order chi connectivity index (χ0) is 20.2. The number of esters is 1. The lowest BCUT2D eigenvalue weighted by Crippen LogP contribution is -2.28. The van der Waals surface area contributed by atoms with Crippen LogP contribution in [-0.4, -0.2) is 34.1 Å². The molecule has 0 radical (unpaired) electrons. The van der Waals surface area contributed by atoms with E-state index in [0.29, 0.717) is 16.7 Å². The van der Waals surface area contributed by atoms with E-state index in [2.05, 4.69) is 8.92 Å². The van der Waals surface area contributed by atoms with Crippen LogP contribution in [0.25, 0.3) is 11.1 Å². The predicted molar refractivity (Wildman–Crippen MR) is 89.8 cm³/mol. The van der Waals surface area contributed by atoms with E-state index in [-0.39, 0.29) is 12.2 Å². The summed E-state index contributed by atoms with van der Waals surface area (Å²) in [6.45, 7) is 0. The molecule has 0 fully saturated rings. The Balaban J connectivity index is 2.30. The Morgan fingerprint density at radius 1 is 1.04 bits per heavy atom. The lowest BCUT2D eigenvalue weighted by molar-refractivity contribution is -0.139. The van der Waals surface area contributed by atoms with Crippen molar-refractivity contribution >= 4 is 16.1 Å². The van der Waals surface area contributed by atoms with Crippen LogP contribution in [0.3, 0.4) is 0 Å². The fourth-order valence-corrected chi connectivity index (χ4v) is 2.63. The number of ether oxygens (including phenoxy) is 2. The first kappa shape index (κ1) is 20.6. The quantitative estimate of drug-likeness (QED) is 0.418. The molecule has 0 aliphatic carbocycles. The van der Waals surface area contributed by atoms with E-state index in [9.17, 15) is 26.4 Å². The van der Waals surface area contributed by atoms with Crippen molar-refractivity contribution < 1.29 is 40.0 Å². The highest BCUT2D eigenvalue weighted by molar-refractivity contribution is 7.88. The van der Waals surface area contributed by atoms with Gasteiger partial charge in [0.15, 0.2) is 0 Å². The van der Waals surface area contributed by atoms with Gasteiger partial charge in [0.05, 0.1) is 20.6 Å². The highest BCUT2D eigenvalue weighted by Gasteiger charge is 2.48. The maximum atomic E-state index is 12.4. The molecular formula is C17H15F3O6S. The Kier molecular flexibility index (Phi) is 5.99. The van der Waals surface area contributed by atoms with Crippen LogP contribution >= 0.6 is 0 Å². The highest BCUT2D eigenvalue weighted by Crippen LogP contribution is 2.35. The molecule has 2 aromatic rings. The third kappa shape index (κ3) is 4.91. The lowest BCUT2D eigenvalue weighted by atomic mass is 10.0. The molecule has 146 valence electrons. The smallest absolute Gasteiger partial charge is 0.496 e. The summed E-state index contributed by atoms with van der Waals surface area (Å²) >= 11 is 0. The van der Waals surface area contributed by atoms with Gasteiger partial charge >= 0.3 is 21.6 Å². The van der Waals surface area contributed by atoms with Gasteiger partial charge in [-0.25, -0.2) is 0 Å². The molecule has 6 nitrogen and oxygen atoms in total.